The van der Waals surface area contributed by atoms with Crippen LogP contribution in [0, 0.1) is 0 Å². The van der Waals surface area contributed by atoms with Gasteiger partial charge in [-0.3, -0.25) is 9.59 Å². The van der Waals surface area contributed by atoms with Crippen molar-refractivity contribution in [2.45, 2.75) is 38.8 Å². The Morgan fingerprint density at radius 3 is 2.13 bits per heavy atom. The molecule has 0 saturated heterocycles. The highest BCUT2D eigenvalue weighted by Gasteiger charge is 2.28. The van der Waals surface area contributed by atoms with Crippen LogP contribution in [0.25, 0.3) is 0 Å². The minimum absolute atomic E-state index is 0.752. The zero-order valence-corrected chi connectivity index (χ0v) is 8.94. The molecule has 3 N–H and O–H groups in total. The Balaban J connectivity index is 4.32. The third-order valence-electron chi connectivity index (χ3n) is 1.33. The van der Waals surface area contributed by atoms with Gasteiger partial charge >= 0.3 is 11.9 Å². The molecule has 0 saturated carbocycles. The molecule has 6 heteroatoms. The van der Waals surface area contributed by atoms with E-state index >= 15 is 0 Å². The van der Waals surface area contributed by atoms with Gasteiger partial charge in [0.2, 0.25) is 0 Å². The number of carboxylic acids is 1. The van der Waals surface area contributed by atoms with E-state index in [1.165, 1.54) is 0 Å². The zero-order chi connectivity index (χ0) is 12.2. The van der Waals surface area contributed by atoms with Crippen LogP contribution in [0.2, 0.25) is 0 Å². The molecule has 0 amide bonds. The highest BCUT2D eigenvalue weighted by Crippen LogP contribution is 2.08. The van der Waals surface area contributed by atoms with Crippen LogP contribution in [-0.2, 0) is 19.1 Å². The van der Waals surface area contributed by atoms with Crippen molar-refractivity contribution < 1.29 is 24.2 Å². The predicted molar refractivity (Wildman–Crippen MR) is 51.1 cm³/mol. The second kappa shape index (κ2) is 4.88. The van der Waals surface area contributed by atoms with Gasteiger partial charge in [-0.25, -0.2) is 4.79 Å². The molecule has 0 aromatic heterocycles. The van der Waals surface area contributed by atoms with Gasteiger partial charge in [0.25, 0.3) is 0 Å². The standard InChI is InChI=1S/C9H15NO5/c1-9(2,3)15-8(14)7(10)5(11)4-6(12)13/h7H,4,10H2,1-3H3,(H,12,13). The van der Waals surface area contributed by atoms with Crippen LogP contribution in [-0.4, -0.2) is 34.5 Å². The number of nitrogens with two attached hydrogens (primary N) is 1. The summed E-state index contributed by atoms with van der Waals surface area (Å²) in [6.45, 7) is 4.87. The number of ether oxygens (including phenoxy) is 1. The first-order valence-corrected chi connectivity index (χ1v) is 4.36. The van der Waals surface area contributed by atoms with Crippen LogP contribution in [0.15, 0.2) is 0 Å². The monoisotopic (exact) mass is 217 g/mol. The average molecular weight is 217 g/mol. The van der Waals surface area contributed by atoms with Crippen molar-refractivity contribution in [2.75, 3.05) is 0 Å². The summed E-state index contributed by atoms with van der Waals surface area (Å²) >= 11 is 0. The summed E-state index contributed by atoms with van der Waals surface area (Å²) in [4.78, 5) is 32.5. The Morgan fingerprint density at radius 1 is 1.33 bits per heavy atom. The van der Waals surface area contributed by atoms with Crippen molar-refractivity contribution in [2.24, 2.45) is 5.73 Å². The zero-order valence-electron chi connectivity index (χ0n) is 8.94. The van der Waals surface area contributed by atoms with E-state index in [1.807, 2.05) is 0 Å². The quantitative estimate of drug-likeness (QED) is 0.494. The van der Waals surface area contributed by atoms with E-state index in [4.69, 9.17) is 15.6 Å². The summed E-state index contributed by atoms with van der Waals surface area (Å²) in [5.41, 5.74) is 4.48. The van der Waals surface area contributed by atoms with E-state index in [2.05, 4.69) is 0 Å². The highest BCUT2D eigenvalue weighted by molar-refractivity contribution is 6.08. The number of carbonyl (C=O) groups is 3. The second-order valence-electron chi connectivity index (χ2n) is 4.05. The molecule has 6 nitrogen and oxygen atoms in total. The molecule has 0 spiro atoms. The normalized spacial score (nSPS) is 13.1. The molecular formula is C9H15NO5. The lowest BCUT2D eigenvalue weighted by Crippen LogP contribution is -2.43. The van der Waals surface area contributed by atoms with Gasteiger partial charge in [0.1, 0.15) is 12.0 Å². The predicted octanol–water partition coefficient (Wildman–Crippen LogP) is -0.301. The Morgan fingerprint density at radius 2 is 1.80 bits per heavy atom. The second-order valence-corrected chi connectivity index (χ2v) is 4.05. The Hall–Kier alpha value is -1.43. The number of esters is 1. The molecular weight excluding hydrogens is 202 g/mol. The van der Waals surface area contributed by atoms with Gasteiger partial charge in [0, 0.05) is 0 Å². The Labute approximate surface area is 87.4 Å². The van der Waals surface area contributed by atoms with Crippen LogP contribution in [0.4, 0.5) is 0 Å². The van der Waals surface area contributed by atoms with Gasteiger partial charge in [-0.05, 0) is 20.8 Å². The first-order valence-electron chi connectivity index (χ1n) is 4.36. The fourth-order valence-corrected chi connectivity index (χ4v) is 0.756. The molecule has 1 unspecified atom stereocenters. The average Bonchev–Trinajstić information content (AvgIpc) is 1.98. The molecule has 0 aliphatic carbocycles. The van der Waals surface area contributed by atoms with Crippen molar-refractivity contribution in [3.05, 3.63) is 0 Å². The van der Waals surface area contributed by atoms with Crippen molar-refractivity contribution in [1.29, 1.82) is 0 Å². The molecule has 0 heterocycles. The molecule has 0 aromatic carbocycles. The van der Waals surface area contributed by atoms with Crippen molar-refractivity contribution in [3.8, 4) is 0 Å². The lowest BCUT2D eigenvalue weighted by molar-refractivity contribution is -0.158. The number of hydrogen-bond donors (Lipinski definition) is 2. The molecule has 0 aliphatic heterocycles. The van der Waals surface area contributed by atoms with Crippen LogP contribution in [0.5, 0.6) is 0 Å². The molecule has 15 heavy (non-hydrogen) atoms. The number of carboxylic acid groups (broad SMARTS) is 1. The Kier molecular flexibility index (Phi) is 4.41. The fraction of sp³-hybridized carbons (Fsp3) is 0.667. The van der Waals surface area contributed by atoms with Crippen LogP contribution in [0.1, 0.15) is 27.2 Å². The molecule has 0 radical (unpaired) electrons. The maximum absolute atomic E-state index is 11.2. The molecule has 0 fully saturated rings. The summed E-state index contributed by atoms with van der Waals surface area (Å²) in [5.74, 6) is -3.09. The number of Topliss-reactive ketones (excluding diaryl/α,β-unsaturated/α-hetero) is 1. The van der Waals surface area contributed by atoms with Crippen LogP contribution < -0.4 is 5.73 Å². The van der Waals surface area contributed by atoms with Crippen LogP contribution >= 0.6 is 0 Å². The SMILES string of the molecule is CC(C)(C)OC(=O)C(N)C(=O)CC(=O)O. The smallest absolute Gasteiger partial charge is 0.331 e. The maximum Gasteiger partial charge on any atom is 0.331 e. The third kappa shape index (κ3) is 5.79. The third-order valence-corrected chi connectivity index (χ3v) is 1.33. The summed E-state index contributed by atoms with van der Waals surface area (Å²) < 4.78 is 4.82. The number of carbonyl (C=O) groups excluding carboxylic acids is 2. The lowest BCUT2D eigenvalue weighted by atomic mass is 10.1. The largest absolute Gasteiger partial charge is 0.481 e. The van der Waals surface area contributed by atoms with Gasteiger partial charge in [0.15, 0.2) is 11.8 Å². The van der Waals surface area contributed by atoms with Gasteiger partial charge in [-0.1, -0.05) is 0 Å². The molecule has 0 rings (SSSR count). The summed E-state index contributed by atoms with van der Waals surface area (Å²) in [5, 5.41) is 8.32. The maximum atomic E-state index is 11.2. The topological polar surface area (TPSA) is 107 Å². The van der Waals surface area contributed by atoms with Crippen molar-refractivity contribution >= 4 is 17.7 Å². The first-order chi connectivity index (χ1) is 6.63. The van der Waals surface area contributed by atoms with Crippen molar-refractivity contribution in [1.82, 2.24) is 0 Å². The first kappa shape index (κ1) is 13.6. The number of hydrogen-bond acceptors (Lipinski definition) is 5. The fourth-order valence-electron chi connectivity index (χ4n) is 0.756. The summed E-state index contributed by atoms with van der Waals surface area (Å²) in [6.07, 6.45) is -0.777. The van der Waals surface area contributed by atoms with Crippen molar-refractivity contribution in [3.63, 3.8) is 0 Å². The Bertz CT molecular complexity index is 279. The summed E-state index contributed by atoms with van der Waals surface area (Å²) in [6, 6.07) is -1.53. The van der Waals surface area contributed by atoms with Gasteiger partial charge in [-0.2, -0.15) is 0 Å². The number of ketones is 1. The van der Waals surface area contributed by atoms with Gasteiger partial charge in [-0.15, -0.1) is 0 Å². The van der Waals surface area contributed by atoms with E-state index < -0.39 is 35.8 Å². The van der Waals surface area contributed by atoms with E-state index in [0.29, 0.717) is 0 Å². The van der Waals surface area contributed by atoms with E-state index in [1.54, 1.807) is 20.8 Å². The molecule has 86 valence electrons. The summed E-state index contributed by atoms with van der Waals surface area (Å²) in [7, 11) is 0. The molecule has 0 aliphatic rings. The molecule has 0 aromatic rings. The molecule has 1 atom stereocenters. The minimum atomic E-state index is -1.53. The van der Waals surface area contributed by atoms with Gasteiger partial charge in [0.05, 0.1) is 0 Å². The number of aliphatic carboxylic acids is 1. The van der Waals surface area contributed by atoms with E-state index in [-0.39, 0.29) is 0 Å². The van der Waals surface area contributed by atoms with E-state index in [0.717, 1.165) is 0 Å². The van der Waals surface area contributed by atoms with E-state index in [9.17, 15) is 14.4 Å². The van der Waals surface area contributed by atoms with Gasteiger partial charge < -0.3 is 15.6 Å². The van der Waals surface area contributed by atoms with Crippen LogP contribution in [0.3, 0.4) is 0 Å². The lowest BCUT2D eigenvalue weighted by Gasteiger charge is -2.21. The minimum Gasteiger partial charge on any atom is -0.481 e. The number of rotatable bonds is 4. The molecule has 0 bridgehead atoms. The highest BCUT2D eigenvalue weighted by atomic mass is 16.6.